The van der Waals surface area contributed by atoms with Crippen molar-refractivity contribution in [2.45, 2.75) is 5.41 Å². The lowest BCUT2D eigenvalue weighted by molar-refractivity contribution is 0.447. The monoisotopic (exact) mass is 855 g/mol. The fraction of sp³-hybridized carbons (Fsp3) is 0.0159. The van der Waals surface area contributed by atoms with E-state index in [0.717, 1.165) is 116 Å². The Hall–Kier alpha value is -8.86. The summed E-state index contributed by atoms with van der Waals surface area (Å²) in [5.41, 5.74) is 15.5. The van der Waals surface area contributed by atoms with E-state index in [9.17, 15) is 0 Å². The first kappa shape index (κ1) is 36.5. The van der Waals surface area contributed by atoms with Crippen molar-refractivity contribution in [1.29, 1.82) is 0 Å². The number of furan rings is 2. The summed E-state index contributed by atoms with van der Waals surface area (Å²) in [5, 5.41) is 8.91. The van der Waals surface area contributed by atoms with Crippen molar-refractivity contribution in [3.05, 3.63) is 247 Å². The molecular formula is C63H37NO3. The number of para-hydroxylation sites is 2. The minimum atomic E-state index is -0.606. The third kappa shape index (κ3) is 5.07. The molecule has 2 aliphatic rings. The molecule has 312 valence electrons. The lowest BCUT2D eigenvalue weighted by Crippen LogP contribution is -2.32. The van der Waals surface area contributed by atoms with E-state index in [1.807, 2.05) is 24.3 Å². The van der Waals surface area contributed by atoms with Gasteiger partial charge < -0.3 is 18.5 Å². The summed E-state index contributed by atoms with van der Waals surface area (Å²) in [6.07, 6.45) is 0. The predicted molar refractivity (Wildman–Crippen MR) is 274 cm³/mol. The van der Waals surface area contributed by atoms with Crippen molar-refractivity contribution in [3.63, 3.8) is 0 Å². The molecule has 0 amide bonds. The Morgan fingerprint density at radius 2 is 0.836 bits per heavy atom. The van der Waals surface area contributed by atoms with Gasteiger partial charge in [-0.2, -0.15) is 0 Å². The van der Waals surface area contributed by atoms with Crippen LogP contribution in [0.1, 0.15) is 22.3 Å². The molecule has 0 saturated heterocycles. The highest BCUT2D eigenvalue weighted by Crippen LogP contribution is 2.64. The average molecular weight is 856 g/mol. The Labute approximate surface area is 385 Å². The van der Waals surface area contributed by atoms with Crippen LogP contribution in [0.4, 0.5) is 17.1 Å². The minimum Gasteiger partial charge on any atom is -0.456 e. The number of hydrogen-bond acceptors (Lipinski definition) is 4. The molecule has 0 radical (unpaired) electrons. The molecule has 4 heteroatoms. The zero-order valence-corrected chi connectivity index (χ0v) is 36.0. The molecule has 2 aromatic heterocycles. The quantitative estimate of drug-likeness (QED) is 0.177. The van der Waals surface area contributed by atoms with Gasteiger partial charge in [-0.05, 0) is 105 Å². The van der Waals surface area contributed by atoms with Gasteiger partial charge in [0.2, 0.25) is 0 Å². The zero-order chi connectivity index (χ0) is 43.8. The Morgan fingerprint density at radius 1 is 0.299 bits per heavy atom. The predicted octanol–water partition coefficient (Wildman–Crippen LogP) is 17.4. The summed E-state index contributed by atoms with van der Waals surface area (Å²) in [5.74, 6) is 1.84. The molecule has 15 rings (SSSR count). The van der Waals surface area contributed by atoms with Gasteiger partial charge in [-0.1, -0.05) is 158 Å². The van der Waals surface area contributed by atoms with Crippen LogP contribution in [0, 0.1) is 0 Å². The number of anilines is 3. The van der Waals surface area contributed by atoms with Crippen LogP contribution in [0.2, 0.25) is 0 Å². The second-order valence-corrected chi connectivity index (χ2v) is 17.9. The molecule has 1 aliphatic heterocycles. The average Bonchev–Trinajstić information content (AvgIpc) is 4.04. The standard InChI is InChI=1S/C63H37NO3/c1-3-16-45-38(12-1)24-31-55-61(45)67-62-46-17-4-2-13-39(46)25-32-56(62)63(55)53-21-8-5-18-47(53)51-35-41(26-30-54(51)63)40-14-11-15-42(34-40)64(43-28-33-59-52(36-43)49-20-7-10-23-58(49)65-59)44-27-29-50-48-19-6-9-22-57(48)66-60(50)37-44/h1-37H. The molecule has 0 saturated carbocycles. The van der Waals surface area contributed by atoms with Crippen molar-refractivity contribution in [2.75, 3.05) is 4.90 Å². The molecule has 1 spiro atoms. The number of benzene rings is 11. The van der Waals surface area contributed by atoms with Crippen LogP contribution >= 0.6 is 0 Å². The molecule has 0 fully saturated rings. The van der Waals surface area contributed by atoms with Gasteiger partial charge >= 0.3 is 0 Å². The molecule has 11 aromatic carbocycles. The molecule has 4 nitrogen and oxygen atoms in total. The highest BCUT2D eigenvalue weighted by atomic mass is 16.5. The molecular weight excluding hydrogens is 819 g/mol. The van der Waals surface area contributed by atoms with Crippen LogP contribution < -0.4 is 9.64 Å². The summed E-state index contributed by atoms with van der Waals surface area (Å²) in [4.78, 5) is 2.33. The second-order valence-electron chi connectivity index (χ2n) is 17.9. The van der Waals surface area contributed by atoms with E-state index in [0.29, 0.717) is 0 Å². The summed E-state index contributed by atoms with van der Waals surface area (Å²) in [7, 11) is 0. The maximum absolute atomic E-state index is 7.19. The first-order valence-corrected chi connectivity index (χ1v) is 22.9. The lowest BCUT2D eigenvalue weighted by atomic mass is 9.65. The van der Waals surface area contributed by atoms with Gasteiger partial charge in [0.25, 0.3) is 0 Å². The van der Waals surface area contributed by atoms with Crippen LogP contribution in [0.15, 0.2) is 233 Å². The lowest BCUT2D eigenvalue weighted by Gasteiger charge is -2.40. The van der Waals surface area contributed by atoms with E-state index in [-0.39, 0.29) is 0 Å². The molecule has 3 heterocycles. The molecule has 0 unspecified atom stereocenters. The van der Waals surface area contributed by atoms with E-state index in [1.165, 1.54) is 22.3 Å². The molecule has 13 aromatic rings. The van der Waals surface area contributed by atoms with Crippen molar-refractivity contribution in [1.82, 2.24) is 0 Å². The number of ether oxygens (including phenoxy) is 1. The fourth-order valence-electron chi connectivity index (χ4n) is 11.6. The highest BCUT2D eigenvalue weighted by molar-refractivity contribution is 6.08. The van der Waals surface area contributed by atoms with Crippen LogP contribution in [0.3, 0.4) is 0 Å². The number of rotatable bonds is 4. The van der Waals surface area contributed by atoms with Crippen molar-refractivity contribution >= 4 is 82.5 Å². The number of nitrogens with zero attached hydrogens (tertiary/aromatic N) is 1. The van der Waals surface area contributed by atoms with Crippen LogP contribution in [0.5, 0.6) is 11.5 Å². The summed E-state index contributed by atoms with van der Waals surface area (Å²) in [6.45, 7) is 0. The third-order valence-electron chi connectivity index (χ3n) is 14.5. The summed E-state index contributed by atoms with van der Waals surface area (Å²) >= 11 is 0. The van der Waals surface area contributed by atoms with E-state index in [4.69, 9.17) is 13.6 Å². The third-order valence-corrected chi connectivity index (χ3v) is 14.5. The van der Waals surface area contributed by atoms with Gasteiger partial charge in [-0.3, -0.25) is 0 Å². The smallest absolute Gasteiger partial charge is 0.140 e. The molecule has 0 atom stereocenters. The fourth-order valence-corrected chi connectivity index (χ4v) is 11.6. The highest BCUT2D eigenvalue weighted by Gasteiger charge is 2.51. The van der Waals surface area contributed by atoms with E-state index in [1.54, 1.807) is 0 Å². The van der Waals surface area contributed by atoms with Gasteiger partial charge in [0.15, 0.2) is 0 Å². The van der Waals surface area contributed by atoms with E-state index in [2.05, 4.69) is 205 Å². The maximum atomic E-state index is 7.19. The van der Waals surface area contributed by atoms with Crippen molar-refractivity contribution in [3.8, 4) is 33.8 Å². The SMILES string of the molecule is c1cc(-c2ccc3c(c2)-c2ccccc2C32c3ccc4ccccc4c3Oc3c2ccc2ccccc32)cc(N(c2ccc3c(c2)oc2ccccc23)c2ccc3oc4ccccc4c3c2)c1. The maximum Gasteiger partial charge on any atom is 0.140 e. The van der Waals surface area contributed by atoms with Gasteiger partial charge in [0.1, 0.15) is 33.8 Å². The Bertz CT molecular complexity index is 4140. The Balaban J connectivity index is 0.932. The Kier molecular flexibility index (Phi) is 7.40. The first-order valence-electron chi connectivity index (χ1n) is 22.9. The molecule has 0 N–H and O–H groups in total. The molecule has 0 bridgehead atoms. The van der Waals surface area contributed by atoms with Gasteiger partial charge in [-0.15, -0.1) is 0 Å². The summed E-state index contributed by atoms with van der Waals surface area (Å²) in [6, 6.07) is 80.9. The summed E-state index contributed by atoms with van der Waals surface area (Å²) < 4.78 is 20.0. The van der Waals surface area contributed by atoms with E-state index >= 15 is 0 Å². The topological polar surface area (TPSA) is 38.8 Å². The van der Waals surface area contributed by atoms with Crippen LogP contribution in [-0.2, 0) is 5.41 Å². The van der Waals surface area contributed by atoms with Crippen molar-refractivity contribution in [2.24, 2.45) is 0 Å². The van der Waals surface area contributed by atoms with Gasteiger partial charge in [-0.25, -0.2) is 0 Å². The Morgan fingerprint density at radius 3 is 1.60 bits per heavy atom. The largest absolute Gasteiger partial charge is 0.456 e. The van der Waals surface area contributed by atoms with Crippen LogP contribution in [-0.4, -0.2) is 0 Å². The van der Waals surface area contributed by atoms with E-state index < -0.39 is 5.41 Å². The van der Waals surface area contributed by atoms with Crippen LogP contribution in [0.25, 0.3) is 87.7 Å². The minimum absolute atomic E-state index is 0.606. The van der Waals surface area contributed by atoms with Gasteiger partial charge in [0, 0.05) is 66.6 Å². The first-order chi connectivity index (χ1) is 33.2. The van der Waals surface area contributed by atoms with Crippen molar-refractivity contribution < 1.29 is 13.6 Å². The zero-order valence-electron chi connectivity index (χ0n) is 36.0. The number of hydrogen-bond donors (Lipinski definition) is 0. The normalized spacial score (nSPS) is 13.3. The number of fused-ring (bicyclic) bond motifs is 19. The second kappa shape index (κ2) is 13.6. The molecule has 67 heavy (non-hydrogen) atoms. The van der Waals surface area contributed by atoms with Gasteiger partial charge in [0.05, 0.1) is 5.41 Å². The molecule has 1 aliphatic carbocycles.